The molecule has 0 radical (unpaired) electrons. The molecule has 1 saturated heterocycles. The van der Waals surface area contributed by atoms with E-state index in [1.807, 2.05) is 26.1 Å². The van der Waals surface area contributed by atoms with Crippen LogP contribution < -0.4 is 0 Å². The zero-order valence-electron chi connectivity index (χ0n) is 15.8. The number of fused-ring (bicyclic) bond motifs is 1. The summed E-state index contributed by atoms with van der Waals surface area (Å²) in [6, 6.07) is 3.83. The van der Waals surface area contributed by atoms with E-state index in [0.29, 0.717) is 13.0 Å². The van der Waals surface area contributed by atoms with Gasteiger partial charge in [-0.2, -0.15) is 0 Å². The molecule has 0 saturated carbocycles. The number of pyridine rings is 1. The van der Waals surface area contributed by atoms with E-state index in [2.05, 4.69) is 30.7 Å². The van der Waals surface area contributed by atoms with Crippen LogP contribution in [0, 0.1) is 5.92 Å². The second-order valence-corrected chi connectivity index (χ2v) is 7.75. The molecule has 1 N–H and O–H groups in total. The number of likely N-dealkylation sites (tertiary alicyclic amines) is 1. The van der Waals surface area contributed by atoms with Crippen molar-refractivity contribution in [2.45, 2.75) is 52.0 Å². The zero-order chi connectivity index (χ0) is 19.0. The summed E-state index contributed by atoms with van der Waals surface area (Å²) in [6.45, 7) is 7.37. The minimum absolute atomic E-state index is 0.0583. The van der Waals surface area contributed by atoms with Crippen molar-refractivity contribution in [3.05, 3.63) is 41.7 Å². The Kier molecular flexibility index (Phi) is 4.92. The van der Waals surface area contributed by atoms with Gasteiger partial charge in [0.15, 0.2) is 5.82 Å². The number of rotatable bonds is 4. The molecule has 2 aromatic heterocycles. The Hall–Kier alpha value is -2.32. The molecule has 0 aliphatic carbocycles. The third-order valence-corrected chi connectivity index (χ3v) is 5.34. The normalized spacial score (nSPS) is 23.0. The monoisotopic (exact) mass is 370 g/mol. The Bertz CT molecular complexity index is 806. The summed E-state index contributed by atoms with van der Waals surface area (Å²) >= 11 is 0. The van der Waals surface area contributed by atoms with Crippen molar-refractivity contribution >= 4 is 5.91 Å². The van der Waals surface area contributed by atoms with Crippen molar-refractivity contribution < 1.29 is 9.90 Å². The molecule has 2 aliphatic heterocycles. The first-order valence-corrected chi connectivity index (χ1v) is 9.54. The topological polar surface area (TPSA) is 87.4 Å². The van der Waals surface area contributed by atoms with E-state index in [1.54, 1.807) is 11.1 Å². The van der Waals surface area contributed by atoms with Crippen molar-refractivity contribution in [3.8, 4) is 0 Å². The minimum atomic E-state index is -0.503. The average molecular weight is 370 g/mol. The Morgan fingerprint density at radius 3 is 2.93 bits per heavy atom. The van der Waals surface area contributed by atoms with Crippen molar-refractivity contribution in [1.29, 1.82) is 0 Å². The molecule has 2 aliphatic rings. The molecule has 0 unspecified atom stereocenters. The van der Waals surface area contributed by atoms with Crippen LogP contribution in [-0.2, 0) is 24.4 Å². The van der Waals surface area contributed by atoms with E-state index in [9.17, 15) is 9.90 Å². The summed E-state index contributed by atoms with van der Waals surface area (Å²) in [7, 11) is 0. The molecule has 2 atom stereocenters. The lowest BCUT2D eigenvalue weighted by Gasteiger charge is -2.30. The van der Waals surface area contributed by atoms with Crippen LogP contribution in [0.4, 0.5) is 0 Å². The fraction of sp³-hybridized carbons (Fsp3) is 0.579. The van der Waals surface area contributed by atoms with E-state index < -0.39 is 6.10 Å². The maximum Gasteiger partial charge on any atom is 0.225 e. The highest BCUT2D eigenvalue weighted by Gasteiger charge is 2.39. The predicted molar refractivity (Wildman–Crippen MR) is 98.3 cm³/mol. The molecule has 27 heavy (non-hydrogen) atoms. The van der Waals surface area contributed by atoms with Gasteiger partial charge in [0.05, 0.1) is 18.7 Å². The molecule has 0 bridgehead atoms. The number of β-amino-alcohol motifs (C(OH)–C–C–N with tert-alkyl or cyclic N) is 1. The van der Waals surface area contributed by atoms with Crippen LogP contribution in [0.3, 0.4) is 0 Å². The summed E-state index contributed by atoms with van der Waals surface area (Å²) in [4.78, 5) is 20.8. The first-order chi connectivity index (χ1) is 13.0. The molecule has 2 aromatic rings. The second-order valence-electron chi connectivity index (χ2n) is 7.75. The summed E-state index contributed by atoms with van der Waals surface area (Å²) in [5, 5.41) is 19.0. The maximum absolute atomic E-state index is 12.6. The van der Waals surface area contributed by atoms with E-state index in [0.717, 1.165) is 37.8 Å². The zero-order valence-corrected chi connectivity index (χ0v) is 15.8. The lowest BCUT2D eigenvalue weighted by Crippen LogP contribution is -2.38. The number of carbonyl (C=O) groups is 1. The highest BCUT2D eigenvalue weighted by molar-refractivity contribution is 5.78. The van der Waals surface area contributed by atoms with Gasteiger partial charge in [-0.3, -0.25) is 14.7 Å². The molecule has 4 heterocycles. The number of hydrogen-bond acceptors (Lipinski definition) is 6. The van der Waals surface area contributed by atoms with E-state index >= 15 is 0 Å². The third-order valence-electron chi connectivity index (χ3n) is 5.34. The van der Waals surface area contributed by atoms with Crippen molar-refractivity contribution in [2.24, 2.45) is 5.92 Å². The highest BCUT2D eigenvalue weighted by Crippen LogP contribution is 2.33. The van der Waals surface area contributed by atoms with Gasteiger partial charge in [0.25, 0.3) is 0 Å². The SMILES string of the molecule is CC(C)C(=O)N1C[C@H](O)C[C@H]1c1nnc2n1CCN(Cc1cccnc1)C2. The molecule has 8 nitrogen and oxygen atoms in total. The number of aromatic nitrogens is 4. The maximum atomic E-state index is 12.6. The van der Waals surface area contributed by atoms with Crippen LogP contribution >= 0.6 is 0 Å². The van der Waals surface area contributed by atoms with E-state index in [4.69, 9.17) is 0 Å². The van der Waals surface area contributed by atoms with Crippen molar-refractivity contribution in [2.75, 3.05) is 13.1 Å². The van der Waals surface area contributed by atoms with Crippen molar-refractivity contribution in [1.82, 2.24) is 29.5 Å². The molecule has 0 spiro atoms. The van der Waals surface area contributed by atoms with Gasteiger partial charge in [0.2, 0.25) is 5.91 Å². The summed E-state index contributed by atoms with van der Waals surface area (Å²) in [5.41, 5.74) is 1.18. The number of hydrogen-bond donors (Lipinski definition) is 1. The first kappa shape index (κ1) is 18.1. The van der Waals surface area contributed by atoms with Gasteiger partial charge in [0, 0.05) is 50.9 Å². The van der Waals surface area contributed by atoms with Crippen LogP contribution in [0.5, 0.6) is 0 Å². The number of aliphatic hydroxyl groups excluding tert-OH is 1. The number of amides is 1. The Morgan fingerprint density at radius 2 is 2.19 bits per heavy atom. The van der Waals surface area contributed by atoms with E-state index in [1.165, 1.54) is 5.56 Å². The molecule has 4 rings (SSSR count). The lowest BCUT2D eigenvalue weighted by atomic mass is 10.1. The quantitative estimate of drug-likeness (QED) is 0.863. The Labute approximate surface area is 158 Å². The number of nitrogens with zero attached hydrogens (tertiary/aromatic N) is 6. The summed E-state index contributed by atoms with van der Waals surface area (Å²) in [6.07, 6.45) is 3.69. The van der Waals surface area contributed by atoms with Gasteiger partial charge in [-0.05, 0) is 11.6 Å². The van der Waals surface area contributed by atoms with Crippen LogP contribution in [0.25, 0.3) is 0 Å². The lowest BCUT2D eigenvalue weighted by molar-refractivity contribution is -0.135. The Morgan fingerprint density at radius 1 is 1.33 bits per heavy atom. The summed E-state index contributed by atoms with van der Waals surface area (Å²) < 4.78 is 2.13. The van der Waals surface area contributed by atoms with Crippen LogP contribution in [0.15, 0.2) is 24.5 Å². The predicted octanol–water partition coefficient (Wildman–Crippen LogP) is 0.979. The average Bonchev–Trinajstić information content (AvgIpc) is 3.24. The fourth-order valence-corrected chi connectivity index (χ4v) is 4.00. The molecular weight excluding hydrogens is 344 g/mol. The van der Waals surface area contributed by atoms with Crippen LogP contribution in [-0.4, -0.2) is 59.8 Å². The highest BCUT2D eigenvalue weighted by atomic mass is 16.3. The third kappa shape index (κ3) is 3.59. The smallest absolute Gasteiger partial charge is 0.225 e. The fourth-order valence-electron chi connectivity index (χ4n) is 4.00. The molecule has 0 aromatic carbocycles. The molecule has 1 amide bonds. The van der Waals surface area contributed by atoms with Crippen LogP contribution in [0.1, 0.15) is 43.5 Å². The van der Waals surface area contributed by atoms with Gasteiger partial charge >= 0.3 is 0 Å². The Balaban J connectivity index is 1.52. The van der Waals surface area contributed by atoms with Gasteiger partial charge in [0.1, 0.15) is 5.82 Å². The number of carbonyl (C=O) groups excluding carboxylic acids is 1. The van der Waals surface area contributed by atoms with E-state index in [-0.39, 0.29) is 17.9 Å². The largest absolute Gasteiger partial charge is 0.391 e. The van der Waals surface area contributed by atoms with Gasteiger partial charge < -0.3 is 14.6 Å². The first-order valence-electron chi connectivity index (χ1n) is 9.54. The van der Waals surface area contributed by atoms with Crippen LogP contribution in [0.2, 0.25) is 0 Å². The molecule has 1 fully saturated rings. The standard InChI is InChI=1S/C19H26N6O2/c1-13(2)19(27)25-11-15(26)8-16(25)18-22-21-17-12-23(6-7-24(17)18)10-14-4-3-5-20-9-14/h3-5,9,13,15-16,26H,6-8,10-12H2,1-2H3/t15-,16+/m1/s1. The van der Waals surface area contributed by atoms with Crippen molar-refractivity contribution in [3.63, 3.8) is 0 Å². The second kappa shape index (κ2) is 7.36. The molecular formula is C19H26N6O2. The number of aliphatic hydroxyl groups is 1. The van der Waals surface area contributed by atoms with Gasteiger partial charge in [-0.25, -0.2) is 0 Å². The van der Waals surface area contributed by atoms with Gasteiger partial charge in [-0.15, -0.1) is 10.2 Å². The molecule has 8 heteroatoms. The minimum Gasteiger partial charge on any atom is -0.391 e. The van der Waals surface area contributed by atoms with Gasteiger partial charge in [-0.1, -0.05) is 19.9 Å². The summed E-state index contributed by atoms with van der Waals surface area (Å²) in [5.74, 6) is 1.68. The molecule has 144 valence electrons.